The predicted octanol–water partition coefficient (Wildman–Crippen LogP) is 1.60. The van der Waals surface area contributed by atoms with E-state index in [1.165, 1.54) is 6.42 Å². The van der Waals surface area contributed by atoms with Gasteiger partial charge in [0.2, 0.25) is 0 Å². The second kappa shape index (κ2) is 5.34. The molecule has 82 valence electrons. The summed E-state index contributed by atoms with van der Waals surface area (Å²) in [4.78, 5) is 6.18. The average molecular weight is 206 g/mol. The number of amidine groups is 1. The highest BCUT2D eigenvalue weighted by Crippen LogP contribution is 2.13. The Hall–Kier alpha value is -1.58. The first-order valence-electron chi connectivity index (χ1n) is 5.16. The van der Waals surface area contributed by atoms with Crippen LogP contribution in [0.1, 0.15) is 25.5 Å². The second-order valence-electron chi connectivity index (χ2n) is 3.59. The minimum absolute atomic E-state index is 0.0146. The van der Waals surface area contributed by atoms with Crippen molar-refractivity contribution >= 4 is 11.5 Å². The number of unbranched alkanes of at least 4 members (excludes halogenated alkanes) is 1. The Bertz CT molecular complexity index is 335. The number of nitrogens with zero attached hydrogens (tertiary/aromatic N) is 2. The summed E-state index contributed by atoms with van der Waals surface area (Å²) >= 11 is 0. The van der Waals surface area contributed by atoms with Gasteiger partial charge in [0.05, 0.1) is 0 Å². The third-order valence-corrected chi connectivity index (χ3v) is 2.31. The van der Waals surface area contributed by atoms with E-state index in [9.17, 15) is 0 Å². The fraction of sp³-hybridized carbons (Fsp3) is 0.455. The standard InChI is InChI=1S/C11H18N4/c1-3-4-7-15(2)9-5-6-14-10(8-9)11(12)13/h5-6,8H,3-4,7H2,1-2H3,(H3,12,13). The normalized spacial score (nSPS) is 10.0. The van der Waals surface area contributed by atoms with Crippen LogP contribution in [0.25, 0.3) is 0 Å². The van der Waals surface area contributed by atoms with E-state index in [4.69, 9.17) is 11.1 Å². The molecule has 0 amide bonds. The Morgan fingerprint density at radius 1 is 1.60 bits per heavy atom. The zero-order valence-electron chi connectivity index (χ0n) is 9.33. The molecule has 0 aliphatic rings. The topological polar surface area (TPSA) is 66.0 Å². The van der Waals surface area contributed by atoms with Crippen molar-refractivity contribution in [2.24, 2.45) is 5.73 Å². The van der Waals surface area contributed by atoms with Gasteiger partial charge in [-0.15, -0.1) is 0 Å². The first-order chi connectivity index (χ1) is 7.15. The van der Waals surface area contributed by atoms with E-state index in [1.54, 1.807) is 6.20 Å². The van der Waals surface area contributed by atoms with Crippen LogP contribution in [0.4, 0.5) is 5.69 Å². The summed E-state index contributed by atoms with van der Waals surface area (Å²) in [5.74, 6) is 0.0146. The highest BCUT2D eigenvalue weighted by molar-refractivity contribution is 5.93. The fourth-order valence-electron chi connectivity index (χ4n) is 1.33. The maximum atomic E-state index is 7.31. The predicted molar refractivity (Wildman–Crippen MR) is 63.4 cm³/mol. The molecule has 0 spiro atoms. The second-order valence-corrected chi connectivity index (χ2v) is 3.59. The van der Waals surface area contributed by atoms with E-state index in [0.717, 1.165) is 18.7 Å². The SMILES string of the molecule is CCCCN(C)c1ccnc(C(=N)N)c1. The number of nitrogens with one attached hydrogen (secondary N) is 1. The first-order valence-corrected chi connectivity index (χ1v) is 5.16. The first kappa shape index (κ1) is 11.5. The van der Waals surface area contributed by atoms with Gasteiger partial charge >= 0.3 is 0 Å². The Balaban J connectivity index is 2.76. The van der Waals surface area contributed by atoms with Gasteiger partial charge in [-0.1, -0.05) is 13.3 Å². The van der Waals surface area contributed by atoms with Gasteiger partial charge in [0.15, 0.2) is 0 Å². The summed E-state index contributed by atoms with van der Waals surface area (Å²) in [5, 5.41) is 7.31. The Morgan fingerprint density at radius 3 is 2.93 bits per heavy atom. The minimum atomic E-state index is 0.0146. The van der Waals surface area contributed by atoms with Gasteiger partial charge in [0.25, 0.3) is 0 Å². The van der Waals surface area contributed by atoms with Gasteiger partial charge in [-0.3, -0.25) is 10.4 Å². The summed E-state index contributed by atoms with van der Waals surface area (Å²) in [6.45, 7) is 3.18. The number of aromatic nitrogens is 1. The van der Waals surface area contributed by atoms with Gasteiger partial charge in [0.1, 0.15) is 11.5 Å². The lowest BCUT2D eigenvalue weighted by Crippen LogP contribution is -2.20. The zero-order chi connectivity index (χ0) is 11.3. The molecule has 0 aromatic carbocycles. The summed E-state index contributed by atoms with van der Waals surface area (Å²) in [6.07, 6.45) is 4.03. The molecule has 0 aliphatic carbocycles. The van der Waals surface area contributed by atoms with Crippen molar-refractivity contribution in [3.63, 3.8) is 0 Å². The molecule has 0 aliphatic heterocycles. The van der Waals surface area contributed by atoms with E-state index < -0.39 is 0 Å². The monoisotopic (exact) mass is 206 g/mol. The van der Waals surface area contributed by atoms with E-state index in [2.05, 4.69) is 16.8 Å². The Morgan fingerprint density at radius 2 is 2.33 bits per heavy atom. The molecule has 0 saturated heterocycles. The molecule has 0 radical (unpaired) electrons. The number of hydrogen-bond donors (Lipinski definition) is 2. The van der Waals surface area contributed by atoms with Crippen LogP contribution in [-0.2, 0) is 0 Å². The number of nitrogen functional groups attached to an aromatic ring is 1. The highest BCUT2D eigenvalue weighted by atomic mass is 15.1. The third kappa shape index (κ3) is 3.23. The number of nitrogens with two attached hydrogens (primary N) is 1. The molecular formula is C11H18N4. The van der Waals surface area contributed by atoms with Crippen LogP contribution in [0.2, 0.25) is 0 Å². The maximum absolute atomic E-state index is 7.31. The van der Waals surface area contributed by atoms with Crippen LogP contribution in [-0.4, -0.2) is 24.4 Å². The van der Waals surface area contributed by atoms with Gasteiger partial charge in [-0.05, 0) is 18.6 Å². The molecule has 1 rings (SSSR count). The van der Waals surface area contributed by atoms with Crippen LogP contribution < -0.4 is 10.6 Å². The third-order valence-electron chi connectivity index (χ3n) is 2.31. The molecular weight excluding hydrogens is 188 g/mol. The summed E-state index contributed by atoms with van der Waals surface area (Å²) < 4.78 is 0. The lowest BCUT2D eigenvalue weighted by Gasteiger charge is -2.19. The van der Waals surface area contributed by atoms with Crippen LogP contribution in [0, 0.1) is 5.41 Å². The van der Waals surface area contributed by atoms with Gasteiger partial charge in [0, 0.05) is 25.5 Å². The molecule has 4 heteroatoms. The highest BCUT2D eigenvalue weighted by Gasteiger charge is 2.03. The van der Waals surface area contributed by atoms with Crippen molar-refractivity contribution in [3.05, 3.63) is 24.0 Å². The number of rotatable bonds is 5. The van der Waals surface area contributed by atoms with E-state index >= 15 is 0 Å². The van der Waals surface area contributed by atoms with Crippen LogP contribution in [0.3, 0.4) is 0 Å². The van der Waals surface area contributed by atoms with Crippen molar-refractivity contribution in [3.8, 4) is 0 Å². The van der Waals surface area contributed by atoms with Crippen molar-refractivity contribution in [1.82, 2.24) is 4.98 Å². The summed E-state index contributed by atoms with van der Waals surface area (Å²) in [5.41, 5.74) is 6.98. The molecule has 0 saturated carbocycles. The number of pyridine rings is 1. The average Bonchev–Trinajstić information content (AvgIpc) is 2.26. The van der Waals surface area contributed by atoms with Crippen LogP contribution >= 0.6 is 0 Å². The smallest absolute Gasteiger partial charge is 0.141 e. The van der Waals surface area contributed by atoms with E-state index in [0.29, 0.717) is 5.69 Å². The largest absolute Gasteiger partial charge is 0.382 e. The summed E-state index contributed by atoms with van der Waals surface area (Å²) in [6, 6.07) is 3.78. The molecule has 1 aromatic rings. The van der Waals surface area contributed by atoms with Crippen molar-refractivity contribution in [2.75, 3.05) is 18.5 Å². The van der Waals surface area contributed by atoms with Gasteiger partial charge in [-0.25, -0.2) is 0 Å². The molecule has 0 unspecified atom stereocenters. The van der Waals surface area contributed by atoms with E-state index in [-0.39, 0.29) is 5.84 Å². The van der Waals surface area contributed by atoms with Gasteiger partial charge in [-0.2, -0.15) is 0 Å². The number of anilines is 1. The van der Waals surface area contributed by atoms with Crippen molar-refractivity contribution in [1.29, 1.82) is 5.41 Å². The molecule has 3 N–H and O–H groups in total. The van der Waals surface area contributed by atoms with Gasteiger partial charge < -0.3 is 10.6 Å². The quantitative estimate of drug-likeness (QED) is 0.568. The van der Waals surface area contributed by atoms with Crippen molar-refractivity contribution < 1.29 is 0 Å². The van der Waals surface area contributed by atoms with Crippen molar-refractivity contribution in [2.45, 2.75) is 19.8 Å². The van der Waals surface area contributed by atoms with Crippen LogP contribution in [0.5, 0.6) is 0 Å². The lowest BCUT2D eigenvalue weighted by molar-refractivity contribution is 0.766. The Kier molecular flexibility index (Phi) is 4.09. The fourth-order valence-corrected chi connectivity index (χ4v) is 1.33. The lowest BCUT2D eigenvalue weighted by atomic mass is 10.2. The Labute approximate surface area is 90.6 Å². The number of hydrogen-bond acceptors (Lipinski definition) is 3. The maximum Gasteiger partial charge on any atom is 0.141 e. The molecule has 0 atom stereocenters. The molecule has 0 bridgehead atoms. The molecule has 4 nitrogen and oxygen atoms in total. The molecule has 15 heavy (non-hydrogen) atoms. The molecule has 0 fully saturated rings. The van der Waals surface area contributed by atoms with Crippen LogP contribution in [0.15, 0.2) is 18.3 Å². The summed E-state index contributed by atoms with van der Waals surface area (Å²) in [7, 11) is 2.04. The minimum Gasteiger partial charge on any atom is -0.382 e. The molecule has 1 aromatic heterocycles. The van der Waals surface area contributed by atoms with E-state index in [1.807, 2.05) is 19.2 Å². The zero-order valence-corrected chi connectivity index (χ0v) is 9.33. The molecule has 1 heterocycles.